The minimum Gasteiger partial charge on any atom is -0.310 e. The fourth-order valence-electron chi connectivity index (χ4n) is 14.4. The Morgan fingerprint density at radius 3 is 1.82 bits per heavy atom. The van der Waals surface area contributed by atoms with Crippen molar-refractivity contribution < 1.29 is 0 Å². The lowest BCUT2D eigenvalue weighted by atomic mass is 9.47. The molecule has 0 N–H and O–H groups in total. The number of benzene rings is 6. The zero-order chi connectivity index (χ0) is 37.2. The average Bonchev–Trinajstić information content (AvgIpc) is 4.01. The zero-order valence-corrected chi connectivity index (χ0v) is 33.1. The van der Waals surface area contributed by atoms with Crippen molar-refractivity contribution in [3.63, 3.8) is 0 Å². The molecule has 0 saturated heterocycles. The normalized spacial score (nSPS) is 30.0. The molecule has 7 unspecified atom stereocenters. The van der Waals surface area contributed by atoms with Gasteiger partial charge in [-0.25, -0.2) is 0 Å². The third kappa shape index (κ3) is 4.44. The van der Waals surface area contributed by atoms with Gasteiger partial charge in [0.05, 0.1) is 0 Å². The second-order valence-electron chi connectivity index (χ2n) is 18.8. The predicted molar refractivity (Wildman–Crippen MR) is 233 cm³/mol. The molecule has 0 radical (unpaired) electrons. The van der Waals surface area contributed by atoms with Crippen LogP contribution in [0.5, 0.6) is 0 Å². The van der Waals surface area contributed by atoms with Crippen LogP contribution in [0.15, 0.2) is 140 Å². The van der Waals surface area contributed by atoms with E-state index in [9.17, 15) is 0 Å². The SMILES string of the molecule is CCC1CC2CC[C@H](C)C(C2)C12c1ccccc1-c1cc(N(c3ccc(-c4ccccc4)cc3)c3ccc4c(c3)-c3ccccc3C43CC4CCC3C4)ccc12. The van der Waals surface area contributed by atoms with Gasteiger partial charge in [-0.1, -0.05) is 143 Å². The van der Waals surface area contributed by atoms with Gasteiger partial charge in [-0.2, -0.15) is 0 Å². The molecule has 6 aliphatic rings. The highest BCUT2D eigenvalue weighted by Crippen LogP contribution is 2.68. The first-order chi connectivity index (χ1) is 27.6. The maximum Gasteiger partial charge on any atom is 0.0468 e. The molecule has 6 aliphatic carbocycles. The number of hydrogen-bond donors (Lipinski definition) is 0. The third-order valence-electron chi connectivity index (χ3n) is 16.5. The lowest BCUT2D eigenvalue weighted by Crippen LogP contribution is -2.51. The summed E-state index contributed by atoms with van der Waals surface area (Å²) in [6.07, 6.45) is 12.3. The van der Waals surface area contributed by atoms with Crippen LogP contribution in [-0.2, 0) is 10.8 Å². The van der Waals surface area contributed by atoms with Crippen LogP contribution in [0.1, 0.15) is 93.9 Å². The van der Waals surface area contributed by atoms with Gasteiger partial charge in [-0.05, 0) is 160 Å². The Morgan fingerprint density at radius 1 is 0.518 bits per heavy atom. The molecule has 0 amide bonds. The second kappa shape index (κ2) is 12.3. The lowest BCUT2D eigenvalue weighted by Gasteiger charge is -2.56. The summed E-state index contributed by atoms with van der Waals surface area (Å²) in [6, 6.07) is 54.4. The van der Waals surface area contributed by atoms with Crippen molar-refractivity contribution in [1.29, 1.82) is 0 Å². The summed E-state index contributed by atoms with van der Waals surface area (Å²) in [6.45, 7) is 5.05. The molecule has 6 aromatic carbocycles. The van der Waals surface area contributed by atoms with E-state index in [4.69, 9.17) is 0 Å². The topological polar surface area (TPSA) is 3.24 Å². The Kier molecular flexibility index (Phi) is 7.31. The molecule has 0 aliphatic heterocycles. The van der Waals surface area contributed by atoms with Crippen LogP contribution >= 0.6 is 0 Å². The van der Waals surface area contributed by atoms with Gasteiger partial charge < -0.3 is 4.90 Å². The minimum absolute atomic E-state index is 0.101. The number of fused-ring (bicyclic) bond motifs is 16. The number of hydrogen-bond acceptors (Lipinski definition) is 1. The van der Waals surface area contributed by atoms with Crippen LogP contribution in [-0.4, -0.2) is 0 Å². The standard InChI is InChI=1S/C55H53N/c1-3-40-29-36-18-17-35(2)53(31-36)55(40)51-16-10-8-14-46(51)48-33-44(26-28-52(48)55)56(42-23-20-39(21-24-42)38-11-5-4-6-12-38)43-25-27-50-47(32-43)45-13-7-9-15-49(45)54(50)34-37-19-22-41(54)30-37/h4-16,20-21,23-28,32-33,35-37,40-41,53H,3,17-19,22,29-31,34H2,1-2H3/t35-,36?,37?,40?,41?,53?,54?,55?/m0/s1. The molecule has 4 fully saturated rings. The van der Waals surface area contributed by atoms with E-state index in [2.05, 4.69) is 158 Å². The largest absolute Gasteiger partial charge is 0.310 e. The van der Waals surface area contributed by atoms with Gasteiger partial charge in [0.2, 0.25) is 0 Å². The van der Waals surface area contributed by atoms with E-state index in [1.165, 1.54) is 108 Å². The lowest BCUT2D eigenvalue weighted by molar-refractivity contribution is 0.0192. The van der Waals surface area contributed by atoms with Crippen molar-refractivity contribution in [2.24, 2.45) is 35.5 Å². The Labute approximate surface area is 333 Å². The van der Waals surface area contributed by atoms with E-state index < -0.39 is 0 Å². The summed E-state index contributed by atoms with van der Waals surface area (Å²) in [5.41, 5.74) is 18.8. The molecule has 1 heteroatoms. The molecular formula is C55H53N. The molecule has 6 aromatic rings. The van der Waals surface area contributed by atoms with Gasteiger partial charge >= 0.3 is 0 Å². The minimum atomic E-state index is 0.101. The van der Waals surface area contributed by atoms with Crippen LogP contribution in [0.4, 0.5) is 17.1 Å². The van der Waals surface area contributed by atoms with Crippen molar-refractivity contribution in [1.82, 2.24) is 0 Å². The molecule has 4 saturated carbocycles. The maximum absolute atomic E-state index is 2.59. The summed E-state index contributed by atoms with van der Waals surface area (Å²) < 4.78 is 0. The molecular weight excluding hydrogens is 675 g/mol. The van der Waals surface area contributed by atoms with Gasteiger partial charge in [-0.15, -0.1) is 0 Å². The van der Waals surface area contributed by atoms with E-state index in [1.807, 2.05) is 0 Å². The molecule has 1 nitrogen and oxygen atoms in total. The van der Waals surface area contributed by atoms with Gasteiger partial charge in [0.1, 0.15) is 0 Å². The average molecular weight is 728 g/mol. The molecule has 4 bridgehead atoms. The van der Waals surface area contributed by atoms with Gasteiger partial charge in [0.25, 0.3) is 0 Å². The van der Waals surface area contributed by atoms with E-state index >= 15 is 0 Å². The summed E-state index contributed by atoms with van der Waals surface area (Å²) in [7, 11) is 0. The molecule has 2 spiro atoms. The fourth-order valence-corrected chi connectivity index (χ4v) is 14.4. The van der Waals surface area contributed by atoms with Crippen LogP contribution in [0.25, 0.3) is 33.4 Å². The first-order valence-corrected chi connectivity index (χ1v) is 22.0. The Bertz CT molecular complexity index is 2490. The Morgan fingerprint density at radius 2 is 1.11 bits per heavy atom. The molecule has 278 valence electrons. The predicted octanol–water partition coefficient (Wildman–Crippen LogP) is 14.7. The summed E-state index contributed by atoms with van der Waals surface area (Å²) in [4.78, 5) is 2.56. The van der Waals surface area contributed by atoms with Crippen molar-refractivity contribution in [2.45, 2.75) is 82.5 Å². The Hall–Kier alpha value is -4.88. The van der Waals surface area contributed by atoms with E-state index in [-0.39, 0.29) is 10.8 Å². The Balaban J connectivity index is 1.04. The fraction of sp³-hybridized carbons (Fsp3) is 0.345. The van der Waals surface area contributed by atoms with Crippen LogP contribution in [0.2, 0.25) is 0 Å². The van der Waals surface area contributed by atoms with Crippen LogP contribution in [0, 0.1) is 35.5 Å². The maximum atomic E-state index is 2.59. The monoisotopic (exact) mass is 727 g/mol. The second-order valence-corrected chi connectivity index (χ2v) is 18.8. The zero-order valence-electron chi connectivity index (χ0n) is 33.1. The number of rotatable bonds is 5. The van der Waals surface area contributed by atoms with Crippen molar-refractivity contribution >= 4 is 17.1 Å². The van der Waals surface area contributed by atoms with Crippen molar-refractivity contribution in [2.75, 3.05) is 4.90 Å². The van der Waals surface area contributed by atoms with Gasteiger partial charge in [0, 0.05) is 27.9 Å². The van der Waals surface area contributed by atoms with Crippen molar-refractivity contribution in [3.8, 4) is 33.4 Å². The number of anilines is 3. The highest BCUT2D eigenvalue weighted by atomic mass is 15.1. The van der Waals surface area contributed by atoms with Gasteiger partial charge in [-0.3, -0.25) is 0 Å². The van der Waals surface area contributed by atoms with E-state index in [0.29, 0.717) is 11.8 Å². The van der Waals surface area contributed by atoms with E-state index in [0.717, 1.165) is 23.7 Å². The third-order valence-corrected chi connectivity index (χ3v) is 16.5. The number of nitrogens with zero attached hydrogens (tertiary/aromatic N) is 1. The first-order valence-electron chi connectivity index (χ1n) is 22.0. The molecule has 56 heavy (non-hydrogen) atoms. The quantitative estimate of drug-likeness (QED) is 0.171. The van der Waals surface area contributed by atoms with Gasteiger partial charge in [0.15, 0.2) is 0 Å². The van der Waals surface area contributed by atoms with Crippen molar-refractivity contribution in [3.05, 3.63) is 162 Å². The van der Waals surface area contributed by atoms with Crippen LogP contribution < -0.4 is 4.90 Å². The molecule has 12 rings (SSSR count). The molecule has 8 atom stereocenters. The summed E-state index contributed by atoms with van der Waals surface area (Å²) in [5, 5.41) is 0. The van der Waals surface area contributed by atoms with E-state index in [1.54, 1.807) is 22.3 Å². The summed E-state index contributed by atoms with van der Waals surface area (Å²) >= 11 is 0. The highest BCUT2D eigenvalue weighted by molar-refractivity contribution is 5.90. The molecule has 0 aromatic heterocycles. The van der Waals surface area contributed by atoms with Crippen LogP contribution in [0.3, 0.4) is 0 Å². The molecule has 0 heterocycles. The summed E-state index contributed by atoms with van der Waals surface area (Å²) in [5.74, 6) is 4.64. The highest BCUT2D eigenvalue weighted by Gasteiger charge is 2.59. The smallest absolute Gasteiger partial charge is 0.0468 e. The first kappa shape index (κ1) is 33.3.